The molecule has 0 spiro atoms. The number of esters is 1. The number of carbonyl (C=O) groups excluding carboxylic acids is 5. The van der Waals surface area contributed by atoms with E-state index < -0.39 is 77.8 Å². The molecule has 4 aliphatic rings. The Morgan fingerprint density at radius 1 is 0.870 bits per heavy atom. The smallest absolute Gasteiger partial charge is 0.329 e. The van der Waals surface area contributed by atoms with Crippen molar-refractivity contribution < 1.29 is 57.9 Å². The molecule has 0 radical (unpaired) electrons. The number of ether oxygens (including phenoxy) is 5. The first-order valence-electron chi connectivity index (χ1n) is 25.0. The third-order valence-corrected chi connectivity index (χ3v) is 15.0. The number of rotatable bonds is 7. The third kappa shape index (κ3) is 14.2. The van der Waals surface area contributed by atoms with Gasteiger partial charge in [0.25, 0.3) is 5.91 Å². The number of amides is 1. The van der Waals surface area contributed by atoms with Gasteiger partial charge in [0.2, 0.25) is 5.78 Å². The van der Waals surface area contributed by atoms with Crippen molar-refractivity contribution in [1.29, 1.82) is 0 Å². The van der Waals surface area contributed by atoms with Crippen molar-refractivity contribution in [2.24, 2.45) is 35.5 Å². The number of cyclic esters (lactones) is 1. The number of tetrazole rings is 1. The van der Waals surface area contributed by atoms with E-state index in [0.717, 1.165) is 18.4 Å². The minimum absolute atomic E-state index is 0.0122. The highest BCUT2D eigenvalue weighted by Gasteiger charge is 2.55. The van der Waals surface area contributed by atoms with E-state index in [-0.39, 0.29) is 67.3 Å². The van der Waals surface area contributed by atoms with E-state index >= 15 is 0 Å². The van der Waals surface area contributed by atoms with Crippen LogP contribution in [0.15, 0.2) is 53.9 Å². The number of allylic oxidation sites excluding steroid dienone is 6. The lowest BCUT2D eigenvalue weighted by molar-refractivity contribution is -0.231. The molecule has 4 heterocycles. The number of hydrogen-bond donors (Lipinski definition) is 2. The SMILES string of the molecule is CO[C@H]1C[C@@H]2CC[C@@H](C)C(=O)C(O)(O2)C(=O)N2CCCCC2C(=O)O[C@H]([C@H](C)C[C@@H]2CC[C@H](n3ncnn3)[C@H](OC)C2)CC(=O)[C@H](C)/C=C(\C)[C@@H](O)[C@@H](OC)C(=O)[C@@H](C)C[C@H](C)/C=C/C=C/C=C/1C. The number of hydrogen-bond acceptors (Lipinski definition) is 15. The normalized spacial score (nSPS) is 38.8. The summed E-state index contributed by atoms with van der Waals surface area (Å²) >= 11 is 0. The Morgan fingerprint density at radius 3 is 2.30 bits per heavy atom. The molecule has 1 amide bonds. The van der Waals surface area contributed by atoms with Crippen LogP contribution < -0.4 is 0 Å². The monoisotopic (exact) mass is 966 g/mol. The Kier molecular flexibility index (Phi) is 20.8. The van der Waals surface area contributed by atoms with E-state index in [1.165, 1.54) is 18.3 Å². The van der Waals surface area contributed by atoms with E-state index in [1.807, 2.05) is 58.1 Å². The van der Waals surface area contributed by atoms with Gasteiger partial charge in [0.05, 0.1) is 24.4 Å². The Hall–Kier alpha value is -4.26. The summed E-state index contributed by atoms with van der Waals surface area (Å²) in [5, 5.41) is 35.9. The van der Waals surface area contributed by atoms with Gasteiger partial charge in [-0.15, -0.1) is 10.2 Å². The number of ketones is 3. The first-order valence-corrected chi connectivity index (χ1v) is 25.0. The van der Waals surface area contributed by atoms with Crippen molar-refractivity contribution in [2.75, 3.05) is 27.9 Å². The van der Waals surface area contributed by atoms with Crippen molar-refractivity contribution in [1.82, 2.24) is 25.1 Å². The van der Waals surface area contributed by atoms with Crippen molar-refractivity contribution in [3.63, 3.8) is 0 Å². The molecule has 1 saturated carbocycles. The summed E-state index contributed by atoms with van der Waals surface area (Å²) in [5.41, 5.74) is 1.24. The zero-order valence-corrected chi connectivity index (χ0v) is 42.5. The Balaban J connectivity index is 1.49. The van der Waals surface area contributed by atoms with Gasteiger partial charge in [0.1, 0.15) is 30.1 Å². The van der Waals surface area contributed by atoms with E-state index in [0.29, 0.717) is 50.5 Å². The van der Waals surface area contributed by atoms with Crippen LogP contribution in [0.5, 0.6) is 0 Å². The van der Waals surface area contributed by atoms with Crippen LogP contribution in [0.2, 0.25) is 0 Å². The minimum atomic E-state index is -2.86. The minimum Gasteiger partial charge on any atom is -0.460 e. The highest BCUT2D eigenvalue weighted by atomic mass is 16.6. The summed E-state index contributed by atoms with van der Waals surface area (Å²) < 4.78 is 30.0. The maximum atomic E-state index is 14.7. The molecular weight excluding hydrogens is 887 g/mol. The Morgan fingerprint density at radius 2 is 1.62 bits per heavy atom. The lowest BCUT2D eigenvalue weighted by Crippen LogP contribution is -2.62. The molecular formula is C52H79N5O12. The summed E-state index contributed by atoms with van der Waals surface area (Å²) in [6.45, 7) is 12.8. The standard InChI is InChI=1S/C52H79N5O12/c1-31-16-12-11-13-17-32(2)43(65-8)28-39-21-19-33(3)49(61)52(64,69-39)51(63)56-23-15-14-18-41(56)50(62)68-44(35(5)26-38-20-22-40(45(27-38)66-9)57-54-30-53-55-57)29-42(58)34(4)25-37(7)47(60)48(67-10)46(59)36(6)24-31/h11-13,16-17,25,30-31,33-36,38-41,43-45,47-48,60,64H,14-15,18-24,26-29H2,1-10H3/b13-11+,16-12+,32-17+,37-25+/t31-,33-,34-,35-,36+,38+,39+,40+,41?,43+,44+,45-,47-,48+,52?/m1/s1. The van der Waals surface area contributed by atoms with Crippen LogP contribution in [-0.2, 0) is 47.7 Å². The summed E-state index contributed by atoms with van der Waals surface area (Å²) in [4.78, 5) is 74.2. The van der Waals surface area contributed by atoms with Crippen LogP contribution in [-0.4, -0.2) is 141 Å². The third-order valence-electron chi connectivity index (χ3n) is 15.0. The number of aromatic nitrogens is 4. The molecule has 2 bridgehead atoms. The summed E-state index contributed by atoms with van der Waals surface area (Å²) in [6.07, 6.45) is 13.1. The zero-order chi connectivity index (χ0) is 50.6. The lowest BCUT2D eigenvalue weighted by atomic mass is 9.77. The number of Topliss-reactive ketones (excluding diaryl/α,β-unsaturated/α-hetero) is 3. The van der Waals surface area contributed by atoms with Gasteiger partial charge in [-0.05, 0) is 112 Å². The van der Waals surface area contributed by atoms with Crippen LogP contribution in [0.25, 0.3) is 0 Å². The van der Waals surface area contributed by atoms with Crippen molar-refractivity contribution in [2.45, 2.75) is 180 Å². The van der Waals surface area contributed by atoms with Crippen LogP contribution in [0.1, 0.15) is 132 Å². The highest BCUT2D eigenvalue weighted by Crippen LogP contribution is 2.39. The van der Waals surface area contributed by atoms with Crippen LogP contribution in [0.4, 0.5) is 0 Å². The number of aliphatic hydroxyl groups excluding tert-OH is 1. The average Bonchev–Trinajstić information content (AvgIpc) is 3.85. The largest absolute Gasteiger partial charge is 0.460 e. The molecule has 3 fully saturated rings. The molecule has 3 aliphatic heterocycles. The molecule has 5 rings (SSSR count). The van der Waals surface area contributed by atoms with Crippen LogP contribution in [0.3, 0.4) is 0 Å². The summed E-state index contributed by atoms with van der Waals surface area (Å²) in [5.74, 6) is -7.99. The fourth-order valence-corrected chi connectivity index (χ4v) is 10.7. The van der Waals surface area contributed by atoms with Gasteiger partial charge in [-0.2, -0.15) is 4.80 Å². The number of nitrogens with zero attached hydrogens (tertiary/aromatic N) is 5. The van der Waals surface area contributed by atoms with Gasteiger partial charge in [-0.25, -0.2) is 4.79 Å². The number of methoxy groups -OCH3 is 3. The second-order valence-corrected chi connectivity index (χ2v) is 20.3. The lowest BCUT2D eigenvalue weighted by Gasteiger charge is -2.40. The molecule has 2 saturated heterocycles. The first-order chi connectivity index (χ1) is 32.8. The summed E-state index contributed by atoms with van der Waals surface area (Å²) in [6, 6.07) is -1.26. The van der Waals surface area contributed by atoms with Crippen LogP contribution in [0, 0.1) is 35.5 Å². The van der Waals surface area contributed by atoms with Gasteiger partial charge in [-0.1, -0.05) is 71.1 Å². The maximum absolute atomic E-state index is 14.7. The molecule has 1 aromatic rings. The second-order valence-electron chi connectivity index (χ2n) is 20.3. The zero-order valence-electron chi connectivity index (χ0n) is 42.5. The van der Waals surface area contributed by atoms with Crippen molar-refractivity contribution in [3.05, 3.63) is 53.9 Å². The molecule has 1 aliphatic carbocycles. The number of fused-ring (bicyclic) bond motifs is 3. The molecule has 15 atom stereocenters. The highest BCUT2D eigenvalue weighted by molar-refractivity contribution is 6.09. The first kappa shape index (κ1) is 55.7. The molecule has 69 heavy (non-hydrogen) atoms. The number of carbonyl (C=O) groups is 5. The van der Waals surface area contributed by atoms with Gasteiger partial charge in [0, 0.05) is 58.5 Å². The number of aliphatic hydroxyl groups is 2. The average molecular weight is 966 g/mol. The van der Waals surface area contributed by atoms with Gasteiger partial charge in [0.15, 0.2) is 12.1 Å². The van der Waals surface area contributed by atoms with E-state index in [9.17, 15) is 34.2 Å². The van der Waals surface area contributed by atoms with Gasteiger partial charge in [-0.3, -0.25) is 19.2 Å². The second kappa shape index (κ2) is 25.7. The predicted octanol–water partition coefficient (Wildman–Crippen LogP) is 6.05. The molecule has 17 nitrogen and oxygen atoms in total. The fourth-order valence-electron chi connectivity index (χ4n) is 10.7. The Bertz CT molecular complexity index is 2020. The molecule has 0 aromatic carbocycles. The van der Waals surface area contributed by atoms with Gasteiger partial charge < -0.3 is 38.8 Å². The quantitative estimate of drug-likeness (QED) is 0.181. The van der Waals surface area contributed by atoms with Crippen LogP contribution >= 0.6 is 0 Å². The van der Waals surface area contributed by atoms with E-state index in [1.54, 1.807) is 45.9 Å². The Labute approximate surface area is 408 Å². The molecule has 1 aromatic heterocycles. The predicted molar refractivity (Wildman–Crippen MR) is 256 cm³/mol. The van der Waals surface area contributed by atoms with Gasteiger partial charge >= 0.3 is 11.8 Å². The van der Waals surface area contributed by atoms with Crippen molar-refractivity contribution in [3.8, 4) is 0 Å². The van der Waals surface area contributed by atoms with E-state index in [4.69, 9.17) is 23.7 Å². The molecule has 2 unspecified atom stereocenters. The molecule has 17 heteroatoms. The fraction of sp³-hybridized carbons (Fsp3) is 0.731. The number of piperidine rings is 1. The molecule has 2 N–H and O–H groups in total. The van der Waals surface area contributed by atoms with Crippen molar-refractivity contribution >= 4 is 29.2 Å². The topological polar surface area (TPSA) is 219 Å². The molecule has 384 valence electrons. The van der Waals surface area contributed by atoms with E-state index in [2.05, 4.69) is 15.4 Å². The maximum Gasteiger partial charge on any atom is 0.329 e. The summed E-state index contributed by atoms with van der Waals surface area (Å²) in [7, 11) is 4.60.